The van der Waals surface area contributed by atoms with E-state index in [9.17, 15) is 9.59 Å². The van der Waals surface area contributed by atoms with Crippen molar-refractivity contribution < 1.29 is 19.1 Å². The summed E-state index contributed by atoms with van der Waals surface area (Å²) in [6.45, 7) is 1.46. The van der Waals surface area contributed by atoms with Gasteiger partial charge < -0.3 is 19.4 Å². The first-order chi connectivity index (χ1) is 11.2. The molecule has 122 valence electrons. The zero-order chi connectivity index (χ0) is 16.2. The maximum Gasteiger partial charge on any atom is 0.340 e. The lowest BCUT2D eigenvalue weighted by atomic mass is 10.2. The number of methoxy groups -OCH3 is 1. The molecule has 0 radical (unpaired) electrons. The highest BCUT2D eigenvalue weighted by atomic mass is 16.5. The van der Waals surface area contributed by atoms with Crippen molar-refractivity contribution in [2.45, 2.75) is 25.5 Å². The first kappa shape index (κ1) is 15.6. The number of nitrogens with one attached hydrogen (secondary N) is 1. The molecule has 2 aromatic rings. The molecule has 0 saturated carbocycles. The van der Waals surface area contributed by atoms with Crippen LogP contribution in [0.5, 0.6) is 0 Å². The lowest BCUT2D eigenvalue weighted by Crippen LogP contribution is -2.34. The minimum Gasteiger partial charge on any atom is -0.465 e. The number of aromatic nitrogens is 1. The van der Waals surface area contributed by atoms with E-state index in [1.54, 1.807) is 10.8 Å². The molecule has 1 fully saturated rings. The summed E-state index contributed by atoms with van der Waals surface area (Å²) in [5, 5.41) is 3.67. The van der Waals surface area contributed by atoms with E-state index in [0.29, 0.717) is 12.1 Å². The van der Waals surface area contributed by atoms with Crippen LogP contribution in [0.1, 0.15) is 23.2 Å². The molecule has 1 atom stereocenters. The smallest absolute Gasteiger partial charge is 0.340 e. The number of amides is 1. The minimum atomic E-state index is -0.403. The second-order valence-electron chi connectivity index (χ2n) is 5.62. The summed E-state index contributed by atoms with van der Waals surface area (Å²) in [6, 6.07) is 7.47. The van der Waals surface area contributed by atoms with Crippen LogP contribution in [0, 0.1) is 0 Å². The second kappa shape index (κ2) is 6.83. The number of carbonyl (C=O) groups is 2. The molecule has 0 aliphatic carbocycles. The highest BCUT2D eigenvalue weighted by Gasteiger charge is 2.18. The van der Waals surface area contributed by atoms with E-state index >= 15 is 0 Å². The third kappa shape index (κ3) is 3.37. The average molecular weight is 316 g/mol. The number of hydrogen-bond donors (Lipinski definition) is 1. The molecule has 6 heteroatoms. The van der Waals surface area contributed by atoms with E-state index in [-0.39, 0.29) is 18.6 Å². The Morgan fingerprint density at radius 1 is 1.39 bits per heavy atom. The van der Waals surface area contributed by atoms with Crippen LogP contribution in [0.25, 0.3) is 10.9 Å². The number of rotatable bonds is 5. The van der Waals surface area contributed by atoms with Crippen molar-refractivity contribution in [2.75, 3.05) is 20.3 Å². The van der Waals surface area contributed by atoms with Crippen molar-refractivity contribution in [3.63, 3.8) is 0 Å². The molecule has 1 aromatic carbocycles. The number of carbonyl (C=O) groups excluding carboxylic acids is 2. The highest BCUT2D eigenvalue weighted by molar-refractivity contribution is 6.04. The van der Waals surface area contributed by atoms with Gasteiger partial charge in [-0.3, -0.25) is 4.79 Å². The predicted octanol–water partition coefficient (Wildman–Crippen LogP) is 1.72. The number of nitrogens with zero attached hydrogens (tertiary/aromatic N) is 1. The lowest BCUT2D eigenvalue weighted by Gasteiger charge is -2.11. The van der Waals surface area contributed by atoms with E-state index in [2.05, 4.69) is 5.32 Å². The van der Waals surface area contributed by atoms with Crippen molar-refractivity contribution in [1.82, 2.24) is 9.88 Å². The molecule has 1 amide bonds. The number of ether oxygens (including phenoxy) is 2. The SMILES string of the molecule is COC(=O)c1cn(CC(=O)NC[C@H]2CCCO2)c2ccccc12. The Labute approximate surface area is 134 Å². The van der Waals surface area contributed by atoms with Gasteiger partial charge in [0.25, 0.3) is 0 Å². The molecule has 1 saturated heterocycles. The number of para-hydroxylation sites is 1. The zero-order valence-electron chi connectivity index (χ0n) is 13.1. The number of benzene rings is 1. The predicted molar refractivity (Wildman–Crippen MR) is 85.3 cm³/mol. The van der Waals surface area contributed by atoms with E-state index in [1.807, 2.05) is 24.3 Å². The van der Waals surface area contributed by atoms with Crippen molar-refractivity contribution in [2.24, 2.45) is 0 Å². The van der Waals surface area contributed by atoms with Crippen LogP contribution in [0.2, 0.25) is 0 Å². The van der Waals surface area contributed by atoms with E-state index in [0.717, 1.165) is 30.4 Å². The number of fused-ring (bicyclic) bond motifs is 1. The fourth-order valence-electron chi connectivity index (χ4n) is 2.89. The first-order valence-corrected chi connectivity index (χ1v) is 7.73. The molecule has 23 heavy (non-hydrogen) atoms. The molecule has 0 unspecified atom stereocenters. The summed E-state index contributed by atoms with van der Waals surface area (Å²) in [7, 11) is 1.35. The Balaban J connectivity index is 1.74. The molecule has 1 aliphatic rings. The van der Waals surface area contributed by atoms with Crippen LogP contribution in [0.4, 0.5) is 0 Å². The summed E-state index contributed by atoms with van der Waals surface area (Å²) in [6.07, 6.45) is 3.82. The van der Waals surface area contributed by atoms with Crippen LogP contribution >= 0.6 is 0 Å². The Hall–Kier alpha value is -2.34. The summed E-state index contributed by atoms with van der Waals surface area (Å²) < 4.78 is 12.1. The fraction of sp³-hybridized carbons (Fsp3) is 0.412. The molecule has 1 N–H and O–H groups in total. The third-order valence-corrected chi connectivity index (χ3v) is 4.06. The molecule has 0 bridgehead atoms. The van der Waals surface area contributed by atoms with Crippen molar-refractivity contribution in [1.29, 1.82) is 0 Å². The van der Waals surface area contributed by atoms with Gasteiger partial charge in [-0.1, -0.05) is 18.2 Å². The molecular formula is C17H20N2O4. The summed E-state index contributed by atoms with van der Waals surface area (Å²) in [5.74, 6) is -0.502. The maximum atomic E-state index is 12.2. The van der Waals surface area contributed by atoms with Gasteiger partial charge in [-0.2, -0.15) is 0 Å². The van der Waals surface area contributed by atoms with Gasteiger partial charge in [-0.05, 0) is 18.9 Å². The van der Waals surface area contributed by atoms with Crippen molar-refractivity contribution in [3.05, 3.63) is 36.0 Å². The van der Waals surface area contributed by atoms with Gasteiger partial charge in [0.05, 0.1) is 18.8 Å². The molecule has 0 spiro atoms. The van der Waals surface area contributed by atoms with E-state index in [1.165, 1.54) is 7.11 Å². The van der Waals surface area contributed by atoms with Crippen molar-refractivity contribution >= 4 is 22.8 Å². The van der Waals surface area contributed by atoms with Crippen LogP contribution < -0.4 is 5.32 Å². The molecule has 1 aromatic heterocycles. The normalized spacial score (nSPS) is 17.3. The molecular weight excluding hydrogens is 296 g/mol. The van der Waals surface area contributed by atoms with Gasteiger partial charge >= 0.3 is 5.97 Å². The molecule has 6 nitrogen and oxygen atoms in total. The van der Waals surface area contributed by atoms with Gasteiger partial charge in [-0.15, -0.1) is 0 Å². The van der Waals surface area contributed by atoms with E-state index in [4.69, 9.17) is 9.47 Å². The van der Waals surface area contributed by atoms with Gasteiger partial charge in [0.15, 0.2) is 0 Å². The van der Waals surface area contributed by atoms with Gasteiger partial charge in [0.1, 0.15) is 6.54 Å². The second-order valence-corrected chi connectivity index (χ2v) is 5.62. The maximum absolute atomic E-state index is 12.2. The standard InChI is InChI=1S/C17H20N2O4/c1-22-17(21)14-10-19(15-7-3-2-6-13(14)15)11-16(20)18-9-12-5-4-8-23-12/h2-3,6-7,10,12H,4-5,8-9,11H2,1H3,(H,18,20)/t12-/m1/s1. The Kier molecular flexibility index (Phi) is 4.62. The van der Waals surface area contributed by atoms with Crippen molar-refractivity contribution in [3.8, 4) is 0 Å². The lowest BCUT2D eigenvalue weighted by molar-refractivity contribution is -0.122. The molecule has 1 aliphatic heterocycles. The summed E-state index contributed by atoms with van der Waals surface area (Å²) in [4.78, 5) is 24.0. The Morgan fingerprint density at radius 2 is 2.22 bits per heavy atom. The van der Waals surface area contributed by atoms with Gasteiger partial charge in [0, 0.05) is 30.3 Å². The number of esters is 1. The largest absolute Gasteiger partial charge is 0.465 e. The van der Waals surface area contributed by atoms with Crippen LogP contribution in [-0.2, 0) is 20.8 Å². The van der Waals surface area contributed by atoms with Gasteiger partial charge in [-0.25, -0.2) is 4.79 Å². The van der Waals surface area contributed by atoms with E-state index < -0.39 is 5.97 Å². The monoisotopic (exact) mass is 316 g/mol. The first-order valence-electron chi connectivity index (χ1n) is 7.73. The number of hydrogen-bond acceptors (Lipinski definition) is 4. The van der Waals surface area contributed by atoms with Gasteiger partial charge in [0.2, 0.25) is 5.91 Å². The van der Waals surface area contributed by atoms with Crippen LogP contribution in [0.3, 0.4) is 0 Å². The highest BCUT2D eigenvalue weighted by Crippen LogP contribution is 2.22. The van der Waals surface area contributed by atoms with Crippen LogP contribution in [-0.4, -0.2) is 42.8 Å². The Bertz CT molecular complexity index is 716. The Morgan fingerprint density at radius 3 is 2.96 bits per heavy atom. The average Bonchev–Trinajstić information content (AvgIpc) is 3.21. The minimum absolute atomic E-state index is 0.0994. The molecule has 3 rings (SSSR count). The summed E-state index contributed by atoms with van der Waals surface area (Å²) >= 11 is 0. The third-order valence-electron chi connectivity index (χ3n) is 4.06. The molecule has 2 heterocycles. The summed E-state index contributed by atoms with van der Waals surface area (Å²) in [5.41, 5.74) is 1.30. The quantitative estimate of drug-likeness (QED) is 0.853. The zero-order valence-corrected chi connectivity index (χ0v) is 13.1. The fourth-order valence-corrected chi connectivity index (χ4v) is 2.89. The van der Waals surface area contributed by atoms with Crippen LogP contribution in [0.15, 0.2) is 30.5 Å². The topological polar surface area (TPSA) is 69.6 Å².